The smallest absolute Gasteiger partial charge is 0.293 e. The van der Waals surface area contributed by atoms with Gasteiger partial charge in [0, 0.05) is 11.1 Å². The van der Waals surface area contributed by atoms with Crippen LogP contribution in [0, 0.1) is 33.6 Å². The molecule has 0 heterocycles. The number of Topliss-reactive ketones (excluding diaryl/α,β-unsaturated/α-hetero) is 2. The fourth-order valence-electron chi connectivity index (χ4n) is 3.14. The molecule has 4 heteroatoms. The van der Waals surface area contributed by atoms with Crippen LogP contribution in [0.15, 0.2) is 36.4 Å². The number of aryl methyl sites for hydroxylation is 4. The van der Waals surface area contributed by atoms with Gasteiger partial charge < -0.3 is 0 Å². The second-order valence-electron chi connectivity index (χ2n) is 6.16. The average molecular weight is 341 g/mol. The summed E-state index contributed by atoms with van der Waals surface area (Å²) < 4.78 is 11.3. The summed E-state index contributed by atoms with van der Waals surface area (Å²) in [6.07, 6.45) is 0.0548. The molecule has 0 aliphatic carbocycles. The molecule has 0 saturated heterocycles. The van der Waals surface area contributed by atoms with Crippen LogP contribution in [0.2, 0.25) is 0 Å². The van der Waals surface area contributed by atoms with Crippen LogP contribution in [0.3, 0.4) is 0 Å². The maximum atomic E-state index is 13.1. The lowest BCUT2D eigenvalue weighted by molar-refractivity contribution is 0.0822. The molecule has 0 bridgehead atoms. The molecule has 124 valence electrons. The van der Waals surface area contributed by atoms with Gasteiger partial charge in [0.2, 0.25) is 0 Å². The van der Waals surface area contributed by atoms with Crippen LogP contribution < -0.4 is 0 Å². The third-order valence-electron chi connectivity index (χ3n) is 4.38. The van der Waals surface area contributed by atoms with Gasteiger partial charge >= 0.3 is 8.46 Å². The van der Waals surface area contributed by atoms with Gasteiger partial charge in [-0.15, -0.1) is 0 Å². The van der Waals surface area contributed by atoms with Gasteiger partial charge in [0.15, 0.2) is 17.7 Å². The number of benzene rings is 2. The van der Waals surface area contributed by atoms with Gasteiger partial charge in [-0.05, 0) is 49.9 Å². The standard InChI is InChI=1S/C20H21O3P/c1-12-7-5-8-13(2)17(12)19(21)16(11-24-23)20(22)18-14(3)9-6-10-15(18)4/h5-10,16H,11H2,1-4H3/p+1. The zero-order chi connectivity index (χ0) is 17.9. The number of hydrogen-bond acceptors (Lipinski definition) is 3. The van der Waals surface area contributed by atoms with E-state index in [1.807, 2.05) is 64.1 Å². The van der Waals surface area contributed by atoms with Crippen LogP contribution in [0.1, 0.15) is 43.0 Å². The molecule has 0 saturated carbocycles. The monoisotopic (exact) mass is 341 g/mol. The Balaban J connectivity index is 2.52. The highest BCUT2D eigenvalue weighted by Crippen LogP contribution is 2.25. The Morgan fingerprint density at radius 2 is 1.12 bits per heavy atom. The summed E-state index contributed by atoms with van der Waals surface area (Å²) in [7, 11) is -0.691. The molecule has 2 aromatic rings. The summed E-state index contributed by atoms with van der Waals surface area (Å²) in [6.45, 7) is 7.45. The van der Waals surface area contributed by atoms with E-state index in [0.717, 1.165) is 22.3 Å². The maximum absolute atomic E-state index is 13.1. The Morgan fingerprint density at radius 3 is 1.42 bits per heavy atom. The maximum Gasteiger partial charge on any atom is 0.326 e. The Bertz CT molecular complexity index is 705. The van der Waals surface area contributed by atoms with Gasteiger partial charge in [-0.1, -0.05) is 41.0 Å². The van der Waals surface area contributed by atoms with E-state index in [-0.39, 0.29) is 17.7 Å². The predicted molar refractivity (Wildman–Crippen MR) is 97.9 cm³/mol. The summed E-state index contributed by atoms with van der Waals surface area (Å²) >= 11 is 0. The Kier molecular flexibility index (Phi) is 5.80. The van der Waals surface area contributed by atoms with Crippen LogP contribution in [0.25, 0.3) is 0 Å². The molecule has 24 heavy (non-hydrogen) atoms. The van der Waals surface area contributed by atoms with Crippen LogP contribution >= 0.6 is 8.46 Å². The summed E-state index contributed by atoms with van der Waals surface area (Å²) in [5, 5.41) is 0. The van der Waals surface area contributed by atoms with E-state index in [9.17, 15) is 14.2 Å². The van der Waals surface area contributed by atoms with E-state index in [1.165, 1.54) is 0 Å². The molecule has 1 unspecified atom stereocenters. The molecule has 3 nitrogen and oxygen atoms in total. The number of rotatable bonds is 6. The first kappa shape index (κ1) is 18.2. The van der Waals surface area contributed by atoms with Gasteiger partial charge in [-0.2, -0.15) is 0 Å². The van der Waals surface area contributed by atoms with Crippen molar-refractivity contribution < 1.29 is 14.2 Å². The molecule has 0 amide bonds. The SMILES string of the molecule is Cc1cccc(C)c1C(=O)C(C[PH+]=O)C(=O)c1c(C)cccc1C. The molecule has 0 aromatic heterocycles. The van der Waals surface area contributed by atoms with Crippen molar-refractivity contribution in [3.05, 3.63) is 69.8 Å². The molecule has 0 spiro atoms. The first-order chi connectivity index (χ1) is 11.4. The number of hydrogen-bond donors (Lipinski definition) is 0. The number of ketones is 2. The number of carbonyl (C=O) groups excluding carboxylic acids is 2. The largest absolute Gasteiger partial charge is 0.326 e. The van der Waals surface area contributed by atoms with Crippen molar-refractivity contribution in [2.45, 2.75) is 27.7 Å². The third kappa shape index (κ3) is 3.52. The van der Waals surface area contributed by atoms with Gasteiger partial charge in [-0.3, -0.25) is 9.59 Å². The van der Waals surface area contributed by atoms with Crippen molar-refractivity contribution in [1.29, 1.82) is 0 Å². The van der Waals surface area contributed by atoms with Crippen molar-refractivity contribution in [3.8, 4) is 0 Å². The predicted octanol–water partition coefficient (Wildman–Crippen LogP) is 4.63. The van der Waals surface area contributed by atoms with E-state index in [0.29, 0.717) is 11.1 Å². The molecule has 0 aliphatic heterocycles. The van der Waals surface area contributed by atoms with Crippen molar-refractivity contribution >= 4 is 20.0 Å². The minimum atomic E-state index is -0.902. The van der Waals surface area contributed by atoms with Gasteiger partial charge in [0.05, 0.1) is 0 Å². The molecule has 2 rings (SSSR count). The molecule has 0 fully saturated rings. The summed E-state index contributed by atoms with van der Waals surface area (Å²) in [5.41, 5.74) is 4.50. The van der Waals surface area contributed by atoms with Crippen molar-refractivity contribution in [2.75, 3.05) is 6.16 Å². The lowest BCUT2D eigenvalue weighted by atomic mass is 9.85. The average Bonchev–Trinajstić information content (AvgIpc) is 2.51. The zero-order valence-electron chi connectivity index (χ0n) is 14.5. The molecule has 2 aromatic carbocycles. The Morgan fingerprint density at radius 1 is 0.792 bits per heavy atom. The molecular formula is C20H22O3P+. The highest BCUT2D eigenvalue weighted by molar-refractivity contribution is 7.23. The summed E-state index contributed by atoms with van der Waals surface area (Å²) in [6, 6.07) is 11.2. The third-order valence-corrected chi connectivity index (χ3v) is 4.95. The topological polar surface area (TPSA) is 51.2 Å². The van der Waals surface area contributed by atoms with Gasteiger partial charge in [-0.25, -0.2) is 0 Å². The highest BCUT2D eigenvalue weighted by Gasteiger charge is 2.34. The van der Waals surface area contributed by atoms with Crippen LogP contribution in [-0.4, -0.2) is 17.7 Å². The molecule has 1 atom stereocenters. The molecule has 0 N–H and O–H groups in total. The van der Waals surface area contributed by atoms with E-state index >= 15 is 0 Å². The minimum Gasteiger partial charge on any atom is -0.293 e. The van der Waals surface area contributed by atoms with Crippen LogP contribution in [-0.2, 0) is 4.57 Å². The van der Waals surface area contributed by atoms with E-state index < -0.39 is 14.4 Å². The lowest BCUT2D eigenvalue weighted by Crippen LogP contribution is -2.28. The molecule has 0 radical (unpaired) electrons. The fraction of sp³-hybridized carbons (Fsp3) is 0.300. The Labute approximate surface area is 144 Å². The van der Waals surface area contributed by atoms with Crippen LogP contribution in [0.4, 0.5) is 0 Å². The fourth-order valence-corrected chi connectivity index (χ4v) is 3.68. The minimum absolute atomic E-state index is 0.0548. The highest BCUT2D eigenvalue weighted by atomic mass is 31.1. The molecule has 0 aliphatic rings. The second-order valence-corrected chi connectivity index (χ2v) is 6.86. The van der Waals surface area contributed by atoms with Gasteiger partial charge in [0.25, 0.3) is 0 Å². The van der Waals surface area contributed by atoms with Crippen molar-refractivity contribution in [2.24, 2.45) is 5.92 Å². The second kappa shape index (κ2) is 7.63. The number of carbonyl (C=O) groups is 2. The first-order valence-corrected chi connectivity index (χ1v) is 9.05. The quantitative estimate of drug-likeness (QED) is 0.437. The lowest BCUT2D eigenvalue weighted by Gasteiger charge is -2.16. The van der Waals surface area contributed by atoms with E-state index in [2.05, 4.69) is 0 Å². The zero-order valence-corrected chi connectivity index (χ0v) is 15.5. The van der Waals surface area contributed by atoms with E-state index in [1.54, 1.807) is 0 Å². The summed E-state index contributed by atoms with van der Waals surface area (Å²) in [4.78, 5) is 26.1. The normalized spacial score (nSPS) is 11.0. The van der Waals surface area contributed by atoms with Crippen molar-refractivity contribution in [3.63, 3.8) is 0 Å². The van der Waals surface area contributed by atoms with E-state index in [4.69, 9.17) is 0 Å². The molecular weight excluding hydrogens is 319 g/mol. The Hall–Kier alpha value is -2.12. The summed E-state index contributed by atoms with van der Waals surface area (Å²) in [5.74, 6) is -1.37. The van der Waals surface area contributed by atoms with Crippen LogP contribution in [0.5, 0.6) is 0 Å². The first-order valence-electron chi connectivity index (χ1n) is 7.94. The van der Waals surface area contributed by atoms with Crippen molar-refractivity contribution in [1.82, 2.24) is 0 Å². The van der Waals surface area contributed by atoms with Gasteiger partial charge in [0.1, 0.15) is 5.92 Å².